The van der Waals surface area contributed by atoms with E-state index in [-0.39, 0.29) is 0 Å². The van der Waals surface area contributed by atoms with Crippen molar-refractivity contribution in [3.8, 4) is 0 Å². The molecule has 3 nitrogen and oxygen atoms in total. The topological polar surface area (TPSA) is 29.9 Å². The molecule has 0 aliphatic rings. The van der Waals surface area contributed by atoms with E-state index in [0.717, 1.165) is 31.6 Å². The van der Waals surface area contributed by atoms with Crippen molar-refractivity contribution in [3.63, 3.8) is 0 Å². The third kappa shape index (κ3) is 3.84. The van der Waals surface area contributed by atoms with Gasteiger partial charge in [-0.1, -0.05) is 13.8 Å². The molecule has 0 aliphatic carbocycles. The van der Waals surface area contributed by atoms with Gasteiger partial charge in [0.15, 0.2) is 0 Å². The number of aromatic nitrogens is 2. The van der Waals surface area contributed by atoms with E-state index < -0.39 is 0 Å². The van der Waals surface area contributed by atoms with Crippen molar-refractivity contribution in [2.45, 2.75) is 39.3 Å². The first kappa shape index (κ1) is 12.5. The summed E-state index contributed by atoms with van der Waals surface area (Å²) in [5.41, 5.74) is 1.09. The van der Waals surface area contributed by atoms with Crippen LogP contribution in [-0.4, -0.2) is 22.2 Å². The summed E-state index contributed by atoms with van der Waals surface area (Å²) in [5.74, 6) is 0.646. The molecule has 0 spiro atoms. The Labute approximate surface area is 96.8 Å². The normalized spacial score (nSPS) is 11.2. The van der Waals surface area contributed by atoms with Crippen LogP contribution in [-0.2, 0) is 6.54 Å². The minimum Gasteiger partial charge on any atom is -0.310 e. The molecule has 1 heterocycles. The zero-order valence-corrected chi connectivity index (χ0v) is 10.3. The molecule has 86 valence electrons. The molecule has 0 fully saturated rings. The van der Waals surface area contributed by atoms with Crippen LogP contribution < -0.4 is 5.32 Å². The van der Waals surface area contributed by atoms with E-state index in [9.17, 15) is 0 Å². The number of halogens is 1. The number of hydrogen-bond donors (Lipinski definition) is 1. The van der Waals surface area contributed by atoms with E-state index in [4.69, 9.17) is 11.6 Å². The summed E-state index contributed by atoms with van der Waals surface area (Å²) in [5, 5.41) is 7.77. The number of nitrogens with one attached hydrogen (secondary N) is 1. The maximum atomic E-state index is 5.58. The third-order valence-electron chi connectivity index (χ3n) is 2.56. The van der Waals surface area contributed by atoms with E-state index in [1.807, 2.05) is 0 Å². The standard InChI is InChI=1S/C11H20ClN3/c1-3-11(4-2)15-8-5-10(14-15)9-13-7-6-12/h5,8,11,13H,3-4,6-7,9H2,1-2H3. The fourth-order valence-electron chi connectivity index (χ4n) is 1.62. The predicted octanol–water partition coefficient (Wildman–Crippen LogP) is 2.57. The summed E-state index contributed by atoms with van der Waals surface area (Å²) in [6, 6.07) is 2.60. The molecular formula is C11H20ClN3. The Morgan fingerprint density at radius 3 is 2.80 bits per heavy atom. The fraction of sp³-hybridized carbons (Fsp3) is 0.727. The first-order valence-electron chi connectivity index (χ1n) is 5.62. The molecule has 1 rings (SSSR count). The summed E-state index contributed by atoms with van der Waals surface area (Å²) < 4.78 is 2.07. The smallest absolute Gasteiger partial charge is 0.0762 e. The molecule has 0 radical (unpaired) electrons. The van der Waals surface area contributed by atoms with Gasteiger partial charge >= 0.3 is 0 Å². The zero-order valence-electron chi connectivity index (χ0n) is 9.54. The van der Waals surface area contributed by atoms with Crippen LogP contribution in [0.25, 0.3) is 0 Å². The van der Waals surface area contributed by atoms with Gasteiger partial charge in [-0.3, -0.25) is 4.68 Å². The van der Waals surface area contributed by atoms with Gasteiger partial charge in [0.2, 0.25) is 0 Å². The van der Waals surface area contributed by atoms with Crippen LogP contribution in [0.3, 0.4) is 0 Å². The van der Waals surface area contributed by atoms with E-state index >= 15 is 0 Å². The zero-order chi connectivity index (χ0) is 11.1. The first-order valence-corrected chi connectivity index (χ1v) is 6.16. The highest BCUT2D eigenvalue weighted by atomic mass is 35.5. The Morgan fingerprint density at radius 2 is 2.20 bits per heavy atom. The Hall–Kier alpha value is -0.540. The molecule has 1 aromatic rings. The third-order valence-corrected chi connectivity index (χ3v) is 2.75. The average molecular weight is 230 g/mol. The second kappa shape index (κ2) is 6.85. The van der Waals surface area contributed by atoms with Crippen molar-refractivity contribution in [2.24, 2.45) is 0 Å². The Bertz CT molecular complexity index is 269. The summed E-state index contributed by atoms with van der Waals surface area (Å²) in [4.78, 5) is 0. The molecular weight excluding hydrogens is 210 g/mol. The summed E-state index contributed by atoms with van der Waals surface area (Å²) in [6.07, 6.45) is 4.33. The molecule has 0 atom stereocenters. The van der Waals surface area contributed by atoms with Gasteiger partial charge in [-0.15, -0.1) is 11.6 Å². The largest absolute Gasteiger partial charge is 0.310 e. The predicted molar refractivity (Wildman–Crippen MR) is 64.3 cm³/mol. The van der Waals surface area contributed by atoms with Crippen LogP contribution in [0.15, 0.2) is 12.3 Å². The van der Waals surface area contributed by atoms with Crippen LogP contribution in [0.5, 0.6) is 0 Å². The summed E-state index contributed by atoms with van der Waals surface area (Å²) in [7, 11) is 0. The maximum Gasteiger partial charge on any atom is 0.0762 e. The van der Waals surface area contributed by atoms with Crippen LogP contribution in [0.2, 0.25) is 0 Å². The number of alkyl halides is 1. The molecule has 1 N–H and O–H groups in total. The van der Waals surface area contributed by atoms with E-state index in [1.54, 1.807) is 0 Å². The van der Waals surface area contributed by atoms with Crippen molar-refractivity contribution in [1.29, 1.82) is 0 Å². The van der Waals surface area contributed by atoms with Crippen LogP contribution in [0.4, 0.5) is 0 Å². The lowest BCUT2D eigenvalue weighted by atomic mass is 10.2. The van der Waals surface area contributed by atoms with Gasteiger partial charge in [-0.25, -0.2) is 0 Å². The van der Waals surface area contributed by atoms with Crippen molar-refractivity contribution in [1.82, 2.24) is 15.1 Å². The highest BCUT2D eigenvalue weighted by Gasteiger charge is 2.07. The highest BCUT2D eigenvalue weighted by molar-refractivity contribution is 6.18. The SMILES string of the molecule is CCC(CC)n1ccc(CNCCCl)n1. The molecule has 0 aromatic carbocycles. The van der Waals surface area contributed by atoms with Crippen LogP contribution >= 0.6 is 11.6 Å². The second-order valence-corrected chi connectivity index (χ2v) is 4.00. The molecule has 0 saturated carbocycles. The Balaban J connectivity index is 2.47. The minimum atomic E-state index is 0.534. The molecule has 0 saturated heterocycles. The molecule has 0 aliphatic heterocycles. The van der Waals surface area contributed by atoms with Gasteiger partial charge in [0, 0.05) is 25.2 Å². The van der Waals surface area contributed by atoms with Gasteiger partial charge in [0.05, 0.1) is 11.7 Å². The van der Waals surface area contributed by atoms with Crippen molar-refractivity contribution >= 4 is 11.6 Å². The first-order chi connectivity index (χ1) is 7.31. The molecule has 4 heteroatoms. The number of hydrogen-bond acceptors (Lipinski definition) is 2. The second-order valence-electron chi connectivity index (χ2n) is 3.62. The van der Waals surface area contributed by atoms with Crippen LogP contribution in [0, 0.1) is 0 Å². The minimum absolute atomic E-state index is 0.534. The average Bonchev–Trinajstić information content (AvgIpc) is 2.69. The molecule has 0 bridgehead atoms. The van der Waals surface area contributed by atoms with Gasteiger partial charge in [0.25, 0.3) is 0 Å². The Morgan fingerprint density at radius 1 is 1.47 bits per heavy atom. The molecule has 1 aromatic heterocycles. The maximum absolute atomic E-state index is 5.58. The molecule has 0 unspecified atom stereocenters. The van der Waals surface area contributed by atoms with Gasteiger partial charge in [0.1, 0.15) is 0 Å². The van der Waals surface area contributed by atoms with E-state index in [2.05, 4.69) is 41.2 Å². The summed E-state index contributed by atoms with van der Waals surface area (Å²) in [6.45, 7) is 6.03. The summed E-state index contributed by atoms with van der Waals surface area (Å²) >= 11 is 5.58. The van der Waals surface area contributed by atoms with Gasteiger partial charge in [-0.2, -0.15) is 5.10 Å². The van der Waals surface area contributed by atoms with Crippen molar-refractivity contribution in [3.05, 3.63) is 18.0 Å². The monoisotopic (exact) mass is 229 g/mol. The highest BCUT2D eigenvalue weighted by Crippen LogP contribution is 2.14. The van der Waals surface area contributed by atoms with Crippen molar-refractivity contribution < 1.29 is 0 Å². The van der Waals surface area contributed by atoms with Crippen LogP contribution in [0.1, 0.15) is 38.4 Å². The lowest BCUT2D eigenvalue weighted by molar-refractivity contribution is 0.424. The lowest BCUT2D eigenvalue weighted by Gasteiger charge is -2.12. The Kier molecular flexibility index (Phi) is 5.73. The number of nitrogens with zero attached hydrogens (tertiary/aromatic N) is 2. The van der Waals surface area contributed by atoms with E-state index in [0.29, 0.717) is 11.9 Å². The molecule has 15 heavy (non-hydrogen) atoms. The van der Waals surface area contributed by atoms with Gasteiger partial charge in [-0.05, 0) is 18.9 Å². The number of rotatable bonds is 7. The van der Waals surface area contributed by atoms with Crippen molar-refractivity contribution in [2.75, 3.05) is 12.4 Å². The molecule has 0 amide bonds. The fourth-order valence-corrected chi connectivity index (χ4v) is 1.75. The quantitative estimate of drug-likeness (QED) is 0.575. The lowest BCUT2D eigenvalue weighted by Crippen LogP contribution is -2.16. The van der Waals surface area contributed by atoms with E-state index in [1.165, 1.54) is 0 Å². The van der Waals surface area contributed by atoms with Gasteiger partial charge < -0.3 is 5.32 Å².